The number of aryl methyl sites for hydroxylation is 1. The lowest BCUT2D eigenvalue weighted by Crippen LogP contribution is -2.67. The van der Waals surface area contributed by atoms with Gasteiger partial charge >= 0.3 is 0 Å². The Morgan fingerprint density at radius 3 is 2.53 bits per heavy atom. The third-order valence-electron chi connectivity index (χ3n) is 9.38. The van der Waals surface area contributed by atoms with Crippen LogP contribution in [0.15, 0.2) is 40.7 Å². The number of carbonyl (C=O) groups excluding carboxylic acids is 2. The smallest absolute Gasteiger partial charge is 0.229 e. The summed E-state index contributed by atoms with van der Waals surface area (Å²) in [7, 11) is 2.87. The van der Waals surface area contributed by atoms with Gasteiger partial charge in [0, 0.05) is 48.5 Å². The SMILES string of the molecule is CCc1c(OC)cc(O[C@@H]2O[C@H](CO)[C@](O)(CCC3=CCNC(N)=C3)[C@H](O)[C@H]2O)c2c1C(=O)c1cc(C)c(CNC(N)=NC)c(O)c1C2=O. The number of rotatable bonds is 10. The van der Waals surface area contributed by atoms with Crippen LogP contribution in [0.25, 0.3) is 0 Å². The van der Waals surface area contributed by atoms with Crippen LogP contribution in [-0.4, -0.2) is 101 Å². The average molecular weight is 682 g/mol. The van der Waals surface area contributed by atoms with Crippen molar-refractivity contribution in [3.63, 3.8) is 0 Å². The highest BCUT2D eigenvalue weighted by atomic mass is 16.7. The van der Waals surface area contributed by atoms with Crippen LogP contribution in [0.2, 0.25) is 0 Å². The molecule has 11 N–H and O–H groups in total. The number of hydrogen-bond acceptors (Lipinski definition) is 13. The summed E-state index contributed by atoms with van der Waals surface area (Å²) >= 11 is 0. The number of benzene rings is 2. The summed E-state index contributed by atoms with van der Waals surface area (Å²) in [6, 6.07) is 2.88. The van der Waals surface area contributed by atoms with E-state index in [1.165, 1.54) is 26.3 Å². The summed E-state index contributed by atoms with van der Waals surface area (Å²) in [6.45, 7) is 3.20. The summed E-state index contributed by atoms with van der Waals surface area (Å²) in [5.41, 5.74) is 11.1. The second-order valence-corrected chi connectivity index (χ2v) is 12.2. The molecular formula is C34H43N5O10. The number of dihydropyridines is 1. The summed E-state index contributed by atoms with van der Waals surface area (Å²) in [5.74, 6) is -1.22. The normalized spacial score (nSPS) is 25.1. The van der Waals surface area contributed by atoms with Crippen molar-refractivity contribution in [1.82, 2.24) is 10.6 Å². The fourth-order valence-electron chi connectivity index (χ4n) is 6.62. The molecule has 0 aromatic heterocycles. The van der Waals surface area contributed by atoms with Gasteiger partial charge in [0.2, 0.25) is 12.1 Å². The largest absolute Gasteiger partial charge is 0.507 e. The first-order valence-electron chi connectivity index (χ1n) is 15.9. The third kappa shape index (κ3) is 6.31. The Hall–Kier alpha value is -4.67. The van der Waals surface area contributed by atoms with Crippen molar-refractivity contribution in [1.29, 1.82) is 0 Å². The minimum atomic E-state index is -2.10. The molecule has 5 rings (SSSR count). The van der Waals surface area contributed by atoms with Crippen molar-refractivity contribution in [3.8, 4) is 17.2 Å². The lowest BCUT2D eigenvalue weighted by atomic mass is 9.78. The first-order valence-corrected chi connectivity index (χ1v) is 15.9. The molecule has 2 heterocycles. The van der Waals surface area contributed by atoms with Crippen LogP contribution in [0.1, 0.15) is 68.3 Å². The van der Waals surface area contributed by atoms with E-state index >= 15 is 0 Å². The van der Waals surface area contributed by atoms with Gasteiger partial charge in [0.1, 0.15) is 41.2 Å². The highest BCUT2D eigenvalue weighted by Gasteiger charge is 2.55. The van der Waals surface area contributed by atoms with E-state index in [0.717, 1.165) is 5.57 Å². The molecule has 2 aliphatic heterocycles. The molecular weight excluding hydrogens is 638 g/mol. The Bertz CT molecular complexity index is 1750. The van der Waals surface area contributed by atoms with E-state index in [1.54, 1.807) is 19.9 Å². The molecule has 0 bridgehead atoms. The van der Waals surface area contributed by atoms with E-state index in [9.17, 15) is 35.1 Å². The van der Waals surface area contributed by atoms with Crippen molar-refractivity contribution >= 4 is 17.5 Å². The number of nitrogens with zero attached hydrogens (tertiary/aromatic N) is 1. The molecule has 15 nitrogen and oxygen atoms in total. The maximum absolute atomic E-state index is 14.3. The summed E-state index contributed by atoms with van der Waals surface area (Å²) in [5, 5.41) is 61.4. The minimum absolute atomic E-state index is 0.00924. The molecule has 1 saturated heterocycles. The maximum Gasteiger partial charge on any atom is 0.229 e. The number of methoxy groups -OCH3 is 1. The molecule has 15 heteroatoms. The molecule has 0 unspecified atom stereocenters. The number of aromatic hydroxyl groups is 1. The fraction of sp³-hybridized carbons (Fsp3) is 0.441. The van der Waals surface area contributed by atoms with Gasteiger partial charge < -0.3 is 61.8 Å². The van der Waals surface area contributed by atoms with Crippen LogP contribution in [-0.2, 0) is 17.7 Å². The number of phenols is 1. The predicted molar refractivity (Wildman–Crippen MR) is 177 cm³/mol. The zero-order valence-electron chi connectivity index (χ0n) is 27.7. The molecule has 2 aromatic carbocycles. The Labute approximate surface area is 282 Å². The maximum atomic E-state index is 14.3. The number of aliphatic hydroxyl groups is 4. The van der Waals surface area contributed by atoms with Crippen molar-refractivity contribution < 1.29 is 49.3 Å². The van der Waals surface area contributed by atoms with E-state index in [2.05, 4.69) is 15.6 Å². The van der Waals surface area contributed by atoms with E-state index in [0.29, 0.717) is 29.1 Å². The number of aliphatic hydroxyl groups excluding tert-OH is 3. The lowest BCUT2D eigenvalue weighted by Gasteiger charge is -2.48. The van der Waals surface area contributed by atoms with Crippen molar-refractivity contribution in [2.75, 3.05) is 27.3 Å². The Kier molecular flexibility index (Phi) is 10.2. The van der Waals surface area contributed by atoms with E-state index in [4.69, 9.17) is 25.7 Å². The quantitative estimate of drug-likeness (QED) is 0.0988. The molecule has 0 amide bonds. The summed E-state index contributed by atoms with van der Waals surface area (Å²) in [6.07, 6.45) is -2.92. The number of fused-ring (bicyclic) bond motifs is 2. The van der Waals surface area contributed by atoms with Crippen LogP contribution >= 0.6 is 0 Å². The number of phenolic OH excluding ortho intramolecular Hbond substituents is 1. The first kappa shape index (κ1) is 35.6. The van der Waals surface area contributed by atoms with Crippen molar-refractivity contribution in [2.24, 2.45) is 16.5 Å². The zero-order valence-corrected chi connectivity index (χ0v) is 27.7. The molecule has 0 radical (unpaired) electrons. The number of aliphatic imine (C=N–C) groups is 1. The highest BCUT2D eigenvalue weighted by molar-refractivity contribution is 6.31. The highest BCUT2D eigenvalue weighted by Crippen LogP contribution is 2.45. The van der Waals surface area contributed by atoms with Crippen LogP contribution in [0.5, 0.6) is 17.2 Å². The Morgan fingerprint density at radius 2 is 1.90 bits per heavy atom. The van der Waals surface area contributed by atoms with Gasteiger partial charge in [-0.1, -0.05) is 13.0 Å². The van der Waals surface area contributed by atoms with Gasteiger partial charge in [0.05, 0.1) is 30.7 Å². The predicted octanol–water partition coefficient (Wildman–Crippen LogP) is -0.260. The summed E-state index contributed by atoms with van der Waals surface area (Å²) < 4.78 is 17.5. The molecule has 3 aliphatic rings. The van der Waals surface area contributed by atoms with E-state index in [1.807, 2.05) is 6.08 Å². The van der Waals surface area contributed by atoms with Crippen molar-refractivity contribution in [2.45, 2.75) is 69.9 Å². The Balaban J connectivity index is 1.53. The fourth-order valence-corrected chi connectivity index (χ4v) is 6.62. The molecule has 1 aliphatic carbocycles. The molecule has 2 aromatic rings. The number of nitrogens with two attached hydrogens (primary N) is 2. The number of ketones is 2. The average Bonchev–Trinajstić information content (AvgIpc) is 3.08. The van der Waals surface area contributed by atoms with Gasteiger partial charge in [-0.3, -0.25) is 14.6 Å². The molecule has 5 atom stereocenters. The van der Waals surface area contributed by atoms with Crippen LogP contribution in [0.4, 0.5) is 0 Å². The number of nitrogens with one attached hydrogen (secondary N) is 2. The molecule has 264 valence electrons. The third-order valence-corrected chi connectivity index (χ3v) is 9.38. The van der Waals surface area contributed by atoms with Gasteiger partial charge in [-0.05, 0) is 49.5 Å². The topological polar surface area (TPSA) is 251 Å². The van der Waals surface area contributed by atoms with Gasteiger partial charge in [0.25, 0.3) is 0 Å². The van der Waals surface area contributed by atoms with Gasteiger partial charge in [-0.2, -0.15) is 0 Å². The minimum Gasteiger partial charge on any atom is -0.507 e. The lowest BCUT2D eigenvalue weighted by molar-refractivity contribution is -0.314. The van der Waals surface area contributed by atoms with E-state index < -0.39 is 54.1 Å². The van der Waals surface area contributed by atoms with Crippen LogP contribution in [0.3, 0.4) is 0 Å². The standard InChI is InChI=1S/C34H43N5O10/c1-5-17-20(47-4)12-21(26-24(17)27(41)18-10-15(2)19(13-39-33(36)37-3)28(42)25(18)29(26)43)48-32-30(44)31(45)34(46,22(14-40)49-32)8-6-16-7-9-38-23(35)11-16/h7,10-12,22,30-32,38,40,42,44-46H,5-6,8-9,13-14,35H2,1-4H3,(H3,36,37,39)/t22-,30-,31-,32-,34-/m1/s1. The van der Waals surface area contributed by atoms with Gasteiger partial charge in [-0.15, -0.1) is 0 Å². The number of guanidine groups is 1. The molecule has 0 spiro atoms. The second-order valence-electron chi connectivity index (χ2n) is 12.2. The number of carbonyl (C=O) groups is 2. The summed E-state index contributed by atoms with van der Waals surface area (Å²) in [4.78, 5) is 32.3. The molecule has 1 fully saturated rings. The number of hydrogen-bond donors (Lipinski definition) is 9. The molecule has 49 heavy (non-hydrogen) atoms. The number of ether oxygens (including phenoxy) is 3. The Morgan fingerprint density at radius 1 is 1.16 bits per heavy atom. The van der Waals surface area contributed by atoms with Crippen LogP contribution in [0, 0.1) is 6.92 Å². The van der Waals surface area contributed by atoms with Gasteiger partial charge in [0.15, 0.2) is 11.7 Å². The van der Waals surface area contributed by atoms with E-state index in [-0.39, 0.29) is 65.5 Å². The second kappa shape index (κ2) is 14.1. The van der Waals surface area contributed by atoms with Crippen LogP contribution < -0.4 is 31.6 Å². The zero-order chi connectivity index (χ0) is 35.8. The molecule has 0 saturated carbocycles. The van der Waals surface area contributed by atoms with Crippen molar-refractivity contribution in [3.05, 3.63) is 74.6 Å². The monoisotopic (exact) mass is 681 g/mol. The number of allylic oxidation sites excluding steroid dienone is 2. The van der Waals surface area contributed by atoms with Gasteiger partial charge in [-0.25, -0.2) is 0 Å². The first-order chi connectivity index (χ1) is 23.3.